The zero-order valence-electron chi connectivity index (χ0n) is 16.2. The fourth-order valence-electron chi connectivity index (χ4n) is 4.26. The first-order valence-corrected chi connectivity index (χ1v) is 10.3. The number of aromatic amines is 1. The van der Waals surface area contributed by atoms with Crippen molar-refractivity contribution in [1.82, 2.24) is 30.2 Å². The van der Waals surface area contributed by atoms with E-state index in [4.69, 9.17) is 0 Å². The Hall–Kier alpha value is -2.48. The quantitative estimate of drug-likeness (QED) is 0.778. The number of H-pyrrole nitrogens is 1. The second-order valence-corrected chi connectivity index (χ2v) is 7.75. The number of piperidine rings is 1. The number of nitrogens with zero attached hydrogens (tertiary/aromatic N) is 4. The monoisotopic (exact) mass is 384 g/mol. The summed E-state index contributed by atoms with van der Waals surface area (Å²) in [6, 6.07) is 3.73. The largest absolute Gasteiger partial charge is 0.349 e. The molecule has 2 aromatic rings. The SMILES string of the molecule is O=C(NCC1CCCCN1CCn1nc2c(cc1=O)CCCC2)c1ccn[nH]1. The van der Waals surface area contributed by atoms with Gasteiger partial charge < -0.3 is 5.32 Å². The molecule has 1 fully saturated rings. The predicted octanol–water partition coefficient (Wildman–Crippen LogP) is 1.13. The second kappa shape index (κ2) is 8.68. The Labute approximate surface area is 164 Å². The normalized spacial score (nSPS) is 19.9. The van der Waals surface area contributed by atoms with E-state index in [0.29, 0.717) is 18.8 Å². The lowest BCUT2D eigenvalue weighted by atomic mass is 9.97. The number of carbonyl (C=O) groups is 1. The molecule has 1 aliphatic carbocycles. The average Bonchev–Trinajstić information content (AvgIpc) is 3.26. The van der Waals surface area contributed by atoms with Gasteiger partial charge >= 0.3 is 0 Å². The van der Waals surface area contributed by atoms with Gasteiger partial charge in [0.05, 0.1) is 12.2 Å². The van der Waals surface area contributed by atoms with Gasteiger partial charge in [0.25, 0.3) is 11.5 Å². The Morgan fingerprint density at radius 2 is 2.11 bits per heavy atom. The van der Waals surface area contributed by atoms with E-state index >= 15 is 0 Å². The fourth-order valence-corrected chi connectivity index (χ4v) is 4.26. The lowest BCUT2D eigenvalue weighted by molar-refractivity contribution is 0.0904. The molecule has 0 bridgehead atoms. The van der Waals surface area contributed by atoms with E-state index in [9.17, 15) is 9.59 Å². The number of fused-ring (bicyclic) bond motifs is 1. The van der Waals surface area contributed by atoms with Gasteiger partial charge in [-0.05, 0) is 56.7 Å². The summed E-state index contributed by atoms with van der Waals surface area (Å²) in [6.07, 6.45) is 9.20. The second-order valence-electron chi connectivity index (χ2n) is 7.75. The van der Waals surface area contributed by atoms with Crippen LogP contribution in [0.25, 0.3) is 0 Å². The molecule has 1 atom stereocenters. The van der Waals surface area contributed by atoms with Crippen LogP contribution in [0.1, 0.15) is 53.8 Å². The molecular formula is C20H28N6O2. The highest BCUT2D eigenvalue weighted by atomic mass is 16.2. The minimum Gasteiger partial charge on any atom is -0.349 e. The molecule has 1 aliphatic heterocycles. The van der Waals surface area contributed by atoms with Crippen LogP contribution in [0.15, 0.2) is 23.1 Å². The van der Waals surface area contributed by atoms with Crippen molar-refractivity contribution in [2.75, 3.05) is 19.6 Å². The molecule has 0 saturated carbocycles. The minimum absolute atomic E-state index is 0.00163. The Balaban J connectivity index is 1.36. The van der Waals surface area contributed by atoms with E-state index in [1.807, 2.05) is 0 Å². The van der Waals surface area contributed by atoms with Gasteiger partial charge in [-0.3, -0.25) is 19.6 Å². The summed E-state index contributed by atoms with van der Waals surface area (Å²) in [5.74, 6) is -0.129. The van der Waals surface area contributed by atoms with Gasteiger partial charge in [0, 0.05) is 31.4 Å². The molecular weight excluding hydrogens is 356 g/mol. The van der Waals surface area contributed by atoms with Crippen LogP contribution in [0.3, 0.4) is 0 Å². The summed E-state index contributed by atoms with van der Waals surface area (Å²) >= 11 is 0. The van der Waals surface area contributed by atoms with E-state index in [-0.39, 0.29) is 17.5 Å². The van der Waals surface area contributed by atoms with Crippen molar-refractivity contribution < 1.29 is 4.79 Å². The molecule has 8 heteroatoms. The van der Waals surface area contributed by atoms with E-state index in [0.717, 1.165) is 69.3 Å². The number of rotatable bonds is 6. The Morgan fingerprint density at radius 3 is 2.96 bits per heavy atom. The number of nitrogens with one attached hydrogen (secondary N) is 2. The molecule has 3 heterocycles. The van der Waals surface area contributed by atoms with Crippen LogP contribution in [0.4, 0.5) is 0 Å². The first kappa shape index (κ1) is 18.9. The molecule has 2 aromatic heterocycles. The van der Waals surface area contributed by atoms with E-state index in [2.05, 4.69) is 25.5 Å². The first-order valence-electron chi connectivity index (χ1n) is 10.3. The highest BCUT2D eigenvalue weighted by Gasteiger charge is 2.23. The number of aryl methyl sites for hydroxylation is 2. The fraction of sp³-hybridized carbons (Fsp3) is 0.600. The maximum absolute atomic E-state index is 12.4. The topological polar surface area (TPSA) is 95.9 Å². The van der Waals surface area contributed by atoms with Crippen LogP contribution >= 0.6 is 0 Å². The van der Waals surface area contributed by atoms with E-state index in [1.54, 1.807) is 23.0 Å². The van der Waals surface area contributed by atoms with Gasteiger partial charge in [0.2, 0.25) is 0 Å². The molecule has 4 rings (SSSR count). The van der Waals surface area contributed by atoms with Gasteiger partial charge in [0.1, 0.15) is 5.69 Å². The maximum Gasteiger partial charge on any atom is 0.269 e. The Kier molecular flexibility index (Phi) is 5.85. The lowest BCUT2D eigenvalue weighted by Crippen LogP contribution is -2.48. The van der Waals surface area contributed by atoms with Gasteiger partial charge in [-0.2, -0.15) is 10.2 Å². The van der Waals surface area contributed by atoms with Crippen LogP contribution < -0.4 is 10.9 Å². The molecule has 150 valence electrons. The maximum atomic E-state index is 12.4. The minimum atomic E-state index is -0.129. The highest BCUT2D eigenvalue weighted by Crippen LogP contribution is 2.18. The van der Waals surface area contributed by atoms with Crippen molar-refractivity contribution in [2.45, 2.75) is 57.5 Å². The standard InChI is InChI=1S/C20H28N6O2/c27-19-13-15-5-1-2-7-17(15)24-26(19)12-11-25-10-4-3-6-16(25)14-21-20(28)18-8-9-22-23-18/h8-9,13,16H,1-7,10-12,14H2,(H,21,28)(H,22,23). The van der Waals surface area contributed by atoms with E-state index in [1.165, 1.54) is 0 Å². The smallest absolute Gasteiger partial charge is 0.269 e. The number of carbonyl (C=O) groups excluding carboxylic acids is 1. The van der Waals surface area contributed by atoms with Crippen molar-refractivity contribution in [2.24, 2.45) is 0 Å². The predicted molar refractivity (Wildman–Crippen MR) is 105 cm³/mol. The third kappa shape index (κ3) is 4.32. The van der Waals surface area contributed by atoms with E-state index < -0.39 is 0 Å². The number of hydrogen-bond donors (Lipinski definition) is 2. The Morgan fingerprint density at radius 1 is 1.21 bits per heavy atom. The summed E-state index contributed by atoms with van der Waals surface area (Å²) in [4.78, 5) is 26.9. The van der Waals surface area contributed by atoms with Crippen LogP contribution in [0, 0.1) is 0 Å². The molecule has 2 aliphatic rings. The molecule has 1 unspecified atom stereocenters. The first-order chi connectivity index (χ1) is 13.7. The molecule has 1 amide bonds. The molecule has 0 spiro atoms. The third-order valence-corrected chi connectivity index (χ3v) is 5.87. The summed E-state index contributed by atoms with van der Waals surface area (Å²) in [7, 11) is 0. The van der Waals surface area contributed by atoms with Crippen molar-refractivity contribution in [3.8, 4) is 0 Å². The van der Waals surface area contributed by atoms with Crippen molar-refractivity contribution in [3.63, 3.8) is 0 Å². The van der Waals surface area contributed by atoms with Gasteiger partial charge in [0.15, 0.2) is 0 Å². The highest BCUT2D eigenvalue weighted by molar-refractivity contribution is 5.92. The van der Waals surface area contributed by atoms with Gasteiger partial charge in [-0.15, -0.1) is 0 Å². The third-order valence-electron chi connectivity index (χ3n) is 5.87. The number of likely N-dealkylation sites (tertiary alicyclic amines) is 1. The van der Waals surface area contributed by atoms with Crippen molar-refractivity contribution in [3.05, 3.63) is 45.6 Å². The van der Waals surface area contributed by atoms with Crippen LogP contribution in [-0.4, -0.2) is 56.5 Å². The Bertz CT molecular complexity index is 860. The zero-order valence-corrected chi connectivity index (χ0v) is 16.2. The number of hydrogen-bond acceptors (Lipinski definition) is 5. The van der Waals surface area contributed by atoms with Crippen molar-refractivity contribution in [1.29, 1.82) is 0 Å². The molecule has 28 heavy (non-hydrogen) atoms. The molecule has 0 aromatic carbocycles. The van der Waals surface area contributed by atoms with Gasteiger partial charge in [-0.25, -0.2) is 4.68 Å². The van der Waals surface area contributed by atoms with Crippen LogP contribution in [-0.2, 0) is 19.4 Å². The van der Waals surface area contributed by atoms with Crippen molar-refractivity contribution >= 4 is 5.91 Å². The lowest BCUT2D eigenvalue weighted by Gasteiger charge is -2.35. The summed E-state index contributed by atoms with van der Waals surface area (Å²) in [5.41, 5.74) is 2.70. The number of aromatic nitrogens is 4. The summed E-state index contributed by atoms with van der Waals surface area (Å²) in [5, 5.41) is 14.1. The average molecular weight is 384 g/mol. The van der Waals surface area contributed by atoms with Crippen LogP contribution in [0.5, 0.6) is 0 Å². The molecule has 8 nitrogen and oxygen atoms in total. The molecule has 1 saturated heterocycles. The molecule has 2 N–H and O–H groups in total. The number of amides is 1. The van der Waals surface area contributed by atoms with Crippen LogP contribution in [0.2, 0.25) is 0 Å². The molecule has 0 radical (unpaired) electrons. The zero-order chi connectivity index (χ0) is 19.3. The van der Waals surface area contributed by atoms with Gasteiger partial charge in [-0.1, -0.05) is 6.42 Å². The summed E-state index contributed by atoms with van der Waals surface area (Å²) in [6.45, 7) is 2.96. The summed E-state index contributed by atoms with van der Waals surface area (Å²) < 4.78 is 1.62.